The number of aliphatic hydroxyl groups is 2. The predicted molar refractivity (Wildman–Crippen MR) is 26.1 cm³/mol. The molecule has 0 saturated carbocycles. The van der Waals surface area contributed by atoms with Gasteiger partial charge in [-0.25, -0.2) is 19.4 Å². The number of hydrogen-bond acceptors (Lipinski definition) is 6. The van der Waals surface area contributed by atoms with Gasteiger partial charge in [0, 0.05) is 6.92 Å². The first-order chi connectivity index (χ1) is 4.54. The topological polar surface area (TPSA) is 93.1 Å². The smallest absolute Gasteiger partial charge is 0.359 e. The van der Waals surface area contributed by atoms with Crippen LogP contribution in [-0.2, 0) is 19.4 Å². The molecule has 0 aromatic heterocycles. The highest BCUT2D eigenvalue weighted by atomic mass is 17.2. The molecule has 0 radical (unpaired) electrons. The van der Waals surface area contributed by atoms with Crippen LogP contribution in [0, 0.1) is 0 Å². The van der Waals surface area contributed by atoms with Crippen LogP contribution in [-0.4, -0.2) is 28.4 Å². The van der Waals surface area contributed by atoms with Gasteiger partial charge in [-0.15, -0.1) is 0 Å². The summed E-state index contributed by atoms with van der Waals surface area (Å²) in [7, 11) is 0. The molecule has 0 aliphatic carbocycles. The van der Waals surface area contributed by atoms with Gasteiger partial charge >= 0.3 is 11.9 Å². The van der Waals surface area contributed by atoms with Gasteiger partial charge < -0.3 is 10.2 Å². The summed E-state index contributed by atoms with van der Waals surface area (Å²) in [6.07, 6.45) is -2.28. The van der Waals surface area contributed by atoms with Gasteiger partial charge in [-0.3, -0.25) is 0 Å². The van der Waals surface area contributed by atoms with Gasteiger partial charge in [-0.1, -0.05) is 0 Å². The Morgan fingerprint density at radius 3 is 2.10 bits per heavy atom. The molecule has 0 rings (SSSR count). The highest BCUT2D eigenvalue weighted by Crippen LogP contribution is 1.85. The molecular formula is C4H6O6. The monoisotopic (exact) mass is 150 g/mol. The zero-order valence-corrected chi connectivity index (χ0v) is 5.10. The Balaban J connectivity index is 3.50. The SMILES string of the molecule is CC(=O)OOC(=O)C(O)O. The summed E-state index contributed by atoms with van der Waals surface area (Å²) in [6.45, 7) is 0.997. The summed E-state index contributed by atoms with van der Waals surface area (Å²) in [5, 5.41) is 16.0. The van der Waals surface area contributed by atoms with Crippen molar-refractivity contribution in [3.8, 4) is 0 Å². The van der Waals surface area contributed by atoms with Crippen molar-refractivity contribution in [2.75, 3.05) is 0 Å². The summed E-state index contributed by atoms with van der Waals surface area (Å²) in [5.41, 5.74) is 0. The van der Waals surface area contributed by atoms with Crippen molar-refractivity contribution in [1.82, 2.24) is 0 Å². The van der Waals surface area contributed by atoms with Gasteiger partial charge in [0.2, 0.25) is 0 Å². The highest BCUT2D eigenvalue weighted by molar-refractivity contribution is 5.73. The summed E-state index contributed by atoms with van der Waals surface area (Å²) < 4.78 is 0. The van der Waals surface area contributed by atoms with Crippen molar-refractivity contribution in [2.24, 2.45) is 0 Å². The molecule has 0 fully saturated rings. The fourth-order valence-electron chi connectivity index (χ4n) is 0.143. The fraction of sp³-hybridized carbons (Fsp3) is 0.500. The summed E-state index contributed by atoms with van der Waals surface area (Å²) in [4.78, 5) is 27.2. The fourth-order valence-corrected chi connectivity index (χ4v) is 0.143. The normalized spacial score (nSPS) is 9.20. The van der Waals surface area contributed by atoms with Gasteiger partial charge in [0.15, 0.2) is 0 Å². The maximum atomic E-state index is 10.0. The summed E-state index contributed by atoms with van der Waals surface area (Å²) >= 11 is 0. The molecule has 0 saturated heterocycles. The lowest BCUT2D eigenvalue weighted by Gasteiger charge is -2.00. The first kappa shape index (κ1) is 8.86. The van der Waals surface area contributed by atoms with E-state index in [1.807, 2.05) is 0 Å². The van der Waals surface area contributed by atoms with E-state index in [-0.39, 0.29) is 0 Å². The van der Waals surface area contributed by atoms with Crippen LogP contribution in [0.3, 0.4) is 0 Å². The molecule has 0 unspecified atom stereocenters. The van der Waals surface area contributed by atoms with Crippen molar-refractivity contribution >= 4 is 11.9 Å². The van der Waals surface area contributed by atoms with E-state index in [0.29, 0.717) is 0 Å². The molecule has 58 valence electrons. The number of hydrogen-bond donors (Lipinski definition) is 2. The van der Waals surface area contributed by atoms with Crippen LogP contribution in [0.1, 0.15) is 6.92 Å². The maximum Gasteiger partial charge on any atom is 0.410 e. The van der Waals surface area contributed by atoms with Crippen LogP contribution in [0.2, 0.25) is 0 Å². The van der Waals surface area contributed by atoms with Crippen LogP contribution in [0.4, 0.5) is 0 Å². The Morgan fingerprint density at radius 2 is 1.80 bits per heavy atom. The van der Waals surface area contributed by atoms with Crippen molar-refractivity contribution in [1.29, 1.82) is 0 Å². The number of aliphatic hydroxyl groups excluding tert-OH is 1. The van der Waals surface area contributed by atoms with Crippen molar-refractivity contribution in [2.45, 2.75) is 13.2 Å². The Kier molecular flexibility index (Phi) is 3.37. The molecule has 0 aliphatic rings. The van der Waals surface area contributed by atoms with Gasteiger partial charge in [-0.05, 0) is 0 Å². The molecule has 10 heavy (non-hydrogen) atoms. The minimum Gasteiger partial charge on any atom is -0.359 e. The first-order valence-corrected chi connectivity index (χ1v) is 2.29. The molecule has 0 bridgehead atoms. The Morgan fingerprint density at radius 1 is 1.30 bits per heavy atom. The van der Waals surface area contributed by atoms with E-state index in [4.69, 9.17) is 10.2 Å². The summed E-state index contributed by atoms with van der Waals surface area (Å²) in [6, 6.07) is 0. The molecule has 0 spiro atoms. The average Bonchev–Trinajstić information content (AvgIpc) is 1.82. The third-order valence-electron chi connectivity index (χ3n) is 0.452. The van der Waals surface area contributed by atoms with Gasteiger partial charge in [0.25, 0.3) is 6.29 Å². The molecule has 6 heteroatoms. The highest BCUT2D eigenvalue weighted by Gasteiger charge is 2.14. The van der Waals surface area contributed by atoms with E-state index >= 15 is 0 Å². The Labute approximate surface area is 55.9 Å². The quantitative estimate of drug-likeness (QED) is 0.263. The second kappa shape index (κ2) is 3.80. The van der Waals surface area contributed by atoms with E-state index in [1.54, 1.807) is 0 Å². The van der Waals surface area contributed by atoms with E-state index in [1.165, 1.54) is 0 Å². The number of carbonyl (C=O) groups excluding carboxylic acids is 2. The van der Waals surface area contributed by atoms with E-state index in [9.17, 15) is 9.59 Å². The molecule has 0 aromatic carbocycles. The second-order valence-electron chi connectivity index (χ2n) is 1.35. The Bertz CT molecular complexity index is 139. The van der Waals surface area contributed by atoms with Crippen molar-refractivity contribution < 1.29 is 29.6 Å². The molecule has 6 nitrogen and oxygen atoms in total. The molecule has 0 aliphatic heterocycles. The lowest BCUT2D eigenvalue weighted by Crippen LogP contribution is -2.23. The number of rotatable bonds is 1. The Hall–Kier alpha value is -1.14. The number of carbonyl (C=O) groups is 2. The van der Waals surface area contributed by atoms with Crippen LogP contribution in [0.5, 0.6) is 0 Å². The van der Waals surface area contributed by atoms with Crippen LogP contribution in [0.25, 0.3) is 0 Å². The molecule has 2 N–H and O–H groups in total. The van der Waals surface area contributed by atoms with Gasteiger partial charge in [0.05, 0.1) is 0 Å². The molecule has 0 heterocycles. The predicted octanol–water partition coefficient (Wildman–Crippen LogP) is -1.68. The van der Waals surface area contributed by atoms with Crippen LogP contribution >= 0.6 is 0 Å². The first-order valence-electron chi connectivity index (χ1n) is 2.29. The van der Waals surface area contributed by atoms with E-state index < -0.39 is 18.2 Å². The third-order valence-corrected chi connectivity index (χ3v) is 0.452. The second-order valence-corrected chi connectivity index (χ2v) is 1.35. The minimum absolute atomic E-state index is 0.853. The molecule has 0 aromatic rings. The standard InChI is InChI=1S/C4H6O6/c1-2(5)9-10-4(8)3(6)7/h3,6-7H,1H3. The van der Waals surface area contributed by atoms with E-state index in [2.05, 4.69) is 9.78 Å². The lowest BCUT2D eigenvalue weighted by atomic mass is 10.7. The largest absolute Gasteiger partial charge is 0.410 e. The summed E-state index contributed by atoms with van der Waals surface area (Å²) in [5.74, 6) is -2.29. The molecule has 0 amide bonds. The van der Waals surface area contributed by atoms with E-state index in [0.717, 1.165) is 6.92 Å². The maximum absolute atomic E-state index is 10.0. The van der Waals surface area contributed by atoms with Gasteiger partial charge in [-0.2, -0.15) is 0 Å². The molecular weight excluding hydrogens is 144 g/mol. The van der Waals surface area contributed by atoms with Crippen molar-refractivity contribution in [3.05, 3.63) is 0 Å². The van der Waals surface area contributed by atoms with Crippen molar-refractivity contribution in [3.63, 3.8) is 0 Å². The zero-order chi connectivity index (χ0) is 8.15. The average molecular weight is 150 g/mol. The minimum atomic E-state index is -2.28. The molecule has 0 atom stereocenters. The zero-order valence-electron chi connectivity index (χ0n) is 5.10. The van der Waals surface area contributed by atoms with Crippen LogP contribution in [0.15, 0.2) is 0 Å². The van der Waals surface area contributed by atoms with Gasteiger partial charge in [0.1, 0.15) is 0 Å². The van der Waals surface area contributed by atoms with Crippen LogP contribution < -0.4 is 0 Å². The third kappa shape index (κ3) is 3.81. The lowest BCUT2D eigenvalue weighted by molar-refractivity contribution is -0.271.